The van der Waals surface area contributed by atoms with Crippen molar-refractivity contribution in [1.29, 1.82) is 0 Å². The molecule has 0 aliphatic rings. The van der Waals surface area contributed by atoms with Gasteiger partial charge in [0, 0.05) is 5.56 Å². The van der Waals surface area contributed by atoms with Gasteiger partial charge in [-0.3, -0.25) is 4.79 Å². The van der Waals surface area contributed by atoms with Crippen molar-refractivity contribution in [3.8, 4) is 5.75 Å². The van der Waals surface area contributed by atoms with E-state index in [0.717, 1.165) is 18.2 Å². The topological polar surface area (TPSA) is 113 Å². The lowest BCUT2D eigenvalue weighted by molar-refractivity contribution is 0.0471. The monoisotopic (exact) mass is 367 g/mol. The Morgan fingerprint density at radius 2 is 1.76 bits per heavy atom. The fraction of sp³-hybridized carbons (Fsp3) is 0.125. The van der Waals surface area contributed by atoms with Gasteiger partial charge in [0.25, 0.3) is 0 Å². The zero-order valence-corrected chi connectivity index (χ0v) is 13.9. The number of hydrogen-bond acceptors (Lipinski definition) is 6. The molecular weight excluding hydrogens is 353 g/mol. The Kier molecular flexibility index (Phi) is 5.50. The Hall–Kier alpha value is -2.78. The zero-order valence-electron chi connectivity index (χ0n) is 13.1. The van der Waals surface area contributed by atoms with Crippen LogP contribution in [0.2, 0.25) is 0 Å². The van der Waals surface area contributed by atoms with Crippen LogP contribution in [-0.2, 0) is 14.8 Å². The number of nitrogens with two attached hydrogens (primary N) is 1. The average molecular weight is 367 g/mol. The lowest BCUT2D eigenvalue weighted by Crippen LogP contribution is -2.17. The van der Waals surface area contributed by atoms with Gasteiger partial charge in [0.2, 0.25) is 10.0 Å². The van der Waals surface area contributed by atoms with Gasteiger partial charge < -0.3 is 9.47 Å². The van der Waals surface area contributed by atoms with E-state index >= 15 is 0 Å². The van der Waals surface area contributed by atoms with Gasteiger partial charge in [-0.25, -0.2) is 22.7 Å². The maximum Gasteiger partial charge on any atom is 0.342 e. The highest BCUT2D eigenvalue weighted by Gasteiger charge is 2.19. The summed E-state index contributed by atoms with van der Waals surface area (Å²) in [6.07, 6.45) is 0. The van der Waals surface area contributed by atoms with Gasteiger partial charge >= 0.3 is 5.97 Å². The number of esters is 1. The van der Waals surface area contributed by atoms with Crippen LogP contribution in [0.15, 0.2) is 47.4 Å². The van der Waals surface area contributed by atoms with Crippen LogP contribution in [0.4, 0.5) is 4.39 Å². The molecule has 0 spiro atoms. The Balaban J connectivity index is 2.17. The largest absolute Gasteiger partial charge is 0.496 e. The molecule has 2 N–H and O–H groups in total. The van der Waals surface area contributed by atoms with Crippen molar-refractivity contribution < 1.29 is 31.9 Å². The lowest BCUT2D eigenvalue weighted by atomic mass is 10.1. The number of benzene rings is 2. The molecule has 7 nitrogen and oxygen atoms in total. The highest BCUT2D eigenvalue weighted by atomic mass is 32.2. The third kappa shape index (κ3) is 4.61. The molecule has 2 rings (SSSR count). The van der Waals surface area contributed by atoms with Crippen molar-refractivity contribution >= 4 is 21.8 Å². The predicted octanol–water partition coefficient (Wildman–Crippen LogP) is 1.52. The molecule has 0 radical (unpaired) electrons. The third-order valence-electron chi connectivity index (χ3n) is 3.22. The summed E-state index contributed by atoms with van der Waals surface area (Å²) in [6, 6.07) is 8.15. The number of hydrogen-bond donors (Lipinski definition) is 1. The van der Waals surface area contributed by atoms with E-state index in [1.165, 1.54) is 31.4 Å². The predicted molar refractivity (Wildman–Crippen MR) is 85.4 cm³/mol. The molecule has 0 amide bonds. The number of methoxy groups -OCH3 is 1. The Bertz CT molecular complexity index is 909. The van der Waals surface area contributed by atoms with Crippen LogP contribution in [0.25, 0.3) is 0 Å². The molecule has 0 aromatic heterocycles. The highest BCUT2D eigenvalue weighted by molar-refractivity contribution is 7.89. The summed E-state index contributed by atoms with van der Waals surface area (Å²) in [4.78, 5) is 23.8. The van der Waals surface area contributed by atoms with Gasteiger partial charge in [0.05, 0.1) is 12.0 Å². The van der Waals surface area contributed by atoms with Crippen LogP contribution >= 0.6 is 0 Å². The standard InChI is InChI=1S/C16H14FNO6S/c1-23-15-7-6-12(25(18,21)22)8-13(15)16(20)24-9-14(19)10-2-4-11(17)5-3-10/h2-8H,9H2,1H3,(H2,18,21,22). The normalized spacial score (nSPS) is 11.0. The second-order valence-electron chi connectivity index (χ2n) is 4.91. The number of ether oxygens (including phenoxy) is 2. The summed E-state index contributed by atoms with van der Waals surface area (Å²) in [5, 5.41) is 5.02. The minimum absolute atomic E-state index is 0.0617. The van der Waals surface area contributed by atoms with Crippen molar-refractivity contribution in [3.63, 3.8) is 0 Å². The molecule has 0 atom stereocenters. The van der Waals surface area contributed by atoms with E-state index < -0.39 is 34.2 Å². The average Bonchev–Trinajstić information content (AvgIpc) is 2.58. The number of primary sulfonamides is 1. The lowest BCUT2D eigenvalue weighted by Gasteiger charge is -2.10. The molecule has 132 valence electrons. The maximum atomic E-state index is 12.8. The van der Waals surface area contributed by atoms with Crippen molar-refractivity contribution in [3.05, 3.63) is 59.4 Å². The molecule has 25 heavy (non-hydrogen) atoms. The Labute approximate surface area is 143 Å². The SMILES string of the molecule is COc1ccc(S(N)(=O)=O)cc1C(=O)OCC(=O)c1ccc(F)cc1. The molecule has 0 aliphatic carbocycles. The molecule has 0 saturated carbocycles. The van der Waals surface area contributed by atoms with Crippen LogP contribution in [0.5, 0.6) is 5.75 Å². The molecule has 9 heteroatoms. The highest BCUT2D eigenvalue weighted by Crippen LogP contribution is 2.23. The third-order valence-corrected chi connectivity index (χ3v) is 4.13. The van der Waals surface area contributed by atoms with Crippen molar-refractivity contribution in [1.82, 2.24) is 0 Å². The summed E-state index contributed by atoms with van der Waals surface area (Å²) in [7, 11) is -2.74. The number of carbonyl (C=O) groups is 2. The van der Waals surface area contributed by atoms with E-state index in [-0.39, 0.29) is 21.8 Å². The second kappa shape index (κ2) is 7.41. The van der Waals surface area contributed by atoms with Crippen molar-refractivity contribution in [2.24, 2.45) is 5.14 Å². The van der Waals surface area contributed by atoms with Crippen LogP contribution in [0.1, 0.15) is 20.7 Å². The first-order chi connectivity index (χ1) is 11.7. The summed E-state index contributed by atoms with van der Waals surface area (Å²) < 4.78 is 45.5. The van der Waals surface area contributed by atoms with E-state index in [0.29, 0.717) is 0 Å². The molecule has 0 fully saturated rings. The Morgan fingerprint density at radius 3 is 2.32 bits per heavy atom. The smallest absolute Gasteiger partial charge is 0.342 e. The fourth-order valence-corrected chi connectivity index (χ4v) is 2.49. The molecule has 0 aliphatic heterocycles. The van der Waals surface area contributed by atoms with E-state index in [4.69, 9.17) is 14.6 Å². The van der Waals surface area contributed by atoms with E-state index in [9.17, 15) is 22.4 Å². The zero-order chi connectivity index (χ0) is 18.6. The van der Waals surface area contributed by atoms with Gasteiger partial charge in [0.1, 0.15) is 17.1 Å². The second-order valence-corrected chi connectivity index (χ2v) is 6.47. The Morgan fingerprint density at radius 1 is 1.12 bits per heavy atom. The maximum absolute atomic E-state index is 12.8. The van der Waals surface area contributed by atoms with E-state index in [2.05, 4.69) is 0 Å². The quantitative estimate of drug-likeness (QED) is 0.612. The van der Waals surface area contributed by atoms with Gasteiger partial charge in [0.15, 0.2) is 12.4 Å². The minimum atomic E-state index is -4.03. The van der Waals surface area contributed by atoms with Crippen molar-refractivity contribution in [2.75, 3.05) is 13.7 Å². The fourth-order valence-electron chi connectivity index (χ4n) is 1.95. The number of ketones is 1. The number of Topliss-reactive ketones (excluding diaryl/α,β-unsaturated/α-hetero) is 1. The molecule has 0 heterocycles. The number of rotatable bonds is 6. The molecule has 0 saturated heterocycles. The van der Waals surface area contributed by atoms with E-state index in [1.807, 2.05) is 0 Å². The molecule has 0 bridgehead atoms. The molecule has 0 unspecified atom stereocenters. The van der Waals surface area contributed by atoms with Crippen LogP contribution in [-0.4, -0.2) is 33.9 Å². The van der Waals surface area contributed by atoms with Crippen LogP contribution in [0.3, 0.4) is 0 Å². The first-order valence-corrected chi connectivity index (χ1v) is 8.43. The van der Waals surface area contributed by atoms with Gasteiger partial charge in [-0.05, 0) is 42.5 Å². The van der Waals surface area contributed by atoms with Crippen LogP contribution < -0.4 is 9.88 Å². The molecule has 2 aromatic carbocycles. The van der Waals surface area contributed by atoms with Crippen molar-refractivity contribution in [2.45, 2.75) is 4.90 Å². The summed E-state index contributed by atoms with van der Waals surface area (Å²) in [6.45, 7) is -0.604. The first kappa shape index (κ1) is 18.6. The number of halogens is 1. The first-order valence-electron chi connectivity index (χ1n) is 6.89. The minimum Gasteiger partial charge on any atom is -0.496 e. The van der Waals surface area contributed by atoms with Gasteiger partial charge in [-0.15, -0.1) is 0 Å². The number of sulfonamides is 1. The van der Waals surface area contributed by atoms with Gasteiger partial charge in [-0.2, -0.15) is 0 Å². The number of carbonyl (C=O) groups excluding carboxylic acids is 2. The van der Waals surface area contributed by atoms with Gasteiger partial charge in [-0.1, -0.05) is 0 Å². The van der Waals surface area contributed by atoms with E-state index in [1.54, 1.807) is 0 Å². The summed E-state index contributed by atoms with van der Waals surface area (Å²) >= 11 is 0. The molecular formula is C16H14FNO6S. The summed E-state index contributed by atoms with van der Waals surface area (Å²) in [5.74, 6) is -1.95. The summed E-state index contributed by atoms with van der Waals surface area (Å²) in [5.41, 5.74) is -0.0274. The van der Waals surface area contributed by atoms with Crippen LogP contribution in [0, 0.1) is 5.82 Å². The molecule has 2 aromatic rings.